The third kappa shape index (κ3) is 2.40. The lowest BCUT2D eigenvalue weighted by Gasteiger charge is -2.39. The Kier molecular flexibility index (Phi) is 3.71. The van der Waals surface area contributed by atoms with Crippen LogP contribution in [0.1, 0.15) is 19.8 Å². The smallest absolute Gasteiger partial charge is 0.305 e. The molecule has 98 valence electrons. The molecule has 1 aromatic rings. The monoisotopic (exact) mass is 251 g/mol. The predicted octanol–water partition coefficient (Wildman–Crippen LogP) is 0.948. The van der Waals surface area contributed by atoms with Gasteiger partial charge in [-0.05, 0) is 18.8 Å². The van der Waals surface area contributed by atoms with Crippen LogP contribution in [0, 0.1) is 16.0 Å². The summed E-state index contributed by atoms with van der Waals surface area (Å²) in [6.07, 6.45) is 4.70. The fourth-order valence-electron chi connectivity index (χ4n) is 2.41. The number of piperidine rings is 1. The highest BCUT2D eigenvalue weighted by atomic mass is 16.6. The van der Waals surface area contributed by atoms with Gasteiger partial charge in [0.1, 0.15) is 12.4 Å². The SMILES string of the molecule is CC1CCCN(c2ncc([N+](=O)[O-])cn2)C1CN. The molecule has 0 amide bonds. The highest BCUT2D eigenvalue weighted by Gasteiger charge is 2.29. The number of aromatic nitrogens is 2. The zero-order valence-electron chi connectivity index (χ0n) is 10.3. The predicted molar refractivity (Wildman–Crippen MR) is 67.3 cm³/mol. The molecule has 0 aromatic carbocycles. The Morgan fingerprint density at radius 2 is 2.22 bits per heavy atom. The molecule has 2 heterocycles. The first-order valence-electron chi connectivity index (χ1n) is 6.06. The largest absolute Gasteiger partial charge is 0.336 e. The Morgan fingerprint density at radius 1 is 1.56 bits per heavy atom. The summed E-state index contributed by atoms with van der Waals surface area (Å²) in [6.45, 7) is 3.56. The standard InChI is InChI=1S/C11H17N5O2/c1-8-3-2-4-15(10(8)5-12)11-13-6-9(7-14-11)16(17)18/h6-8,10H,2-5,12H2,1H3. The van der Waals surface area contributed by atoms with Gasteiger partial charge in [0.25, 0.3) is 0 Å². The van der Waals surface area contributed by atoms with Crippen LogP contribution in [0.4, 0.5) is 11.6 Å². The number of anilines is 1. The number of nitrogens with two attached hydrogens (primary N) is 1. The van der Waals surface area contributed by atoms with E-state index in [-0.39, 0.29) is 11.7 Å². The van der Waals surface area contributed by atoms with Crippen LogP contribution in [0.2, 0.25) is 0 Å². The second-order valence-corrected chi connectivity index (χ2v) is 4.61. The van der Waals surface area contributed by atoms with Crippen LogP contribution in [-0.4, -0.2) is 34.0 Å². The van der Waals surface area contributed by atoms with Crippen LogP contribution in [0.25, 0.3) is 0 Å². The van der Waals surface area contributed by atoms with E-state index in [2.05, 4.69) is 21.8 Å². The van der Waals surface area contributed by atoms with Crippen molar-refractivity contribution < 1.29 is 4.92 Å². The van der Waals surface area contributed by atoms with Crippen molar-refractivity contribution in [3.05, 3.63) is 22.5 Å². The van der Waals surface area contributed by atoms with Gasteiger partial charge < -0.3 is 10.6 Å². The van der Waals surface area contributed by atoms with Gasteiger partial charge in [-0.15, -0.1) is 0 Å². The van der Waals surface area contributed by atoms with E-state index in [1.54, 1.807) is 0 Å². The van der Waals surface area contributed by atoms with E-state index in [0.717, 1.165) is 19.4 Å². The zero-order valence-corrected chi connectivity index (χ0v) is 10.3. The lowest BCUT2D eigenvalue weighted by molar-refractivity contribution is -0.385. The fraction of sp³-hybridized carbons (Fsp3) is 0.636. The summed E-state index contributed by atoms with van der Waals surface area (Å²) in [5, 5.41) is 10.6. The maximum absolute atomic E-state index is 10.6. The molecule has 0 aliphatic carbocycles. The van der Waals surface area contributed by atoms with E-state index in [9.17, 15) is 10.1 Å². The summed E-state index contributed by atoms with van der Waals surface area (Å²) in [5.41, 5.74) is 5.70. The summed E-state index contributed by atoms with van der Waals surface area (Å²) in [7, 11) is 0. The van der Waals surface area contributed by atoms with E-state index in [4.69, 9.17) is 5.73 Å². The van der Waals surface area contributed by atoms with Crippen molar-refractivity contribution in [1.82, 2.24) is 9.97 Å². The molecule has 7 heteroatoms. The zero-order chi connectivity index (χ0) is 13.1. The average molecular weight is 251 g/mol. The van der Waals surface area contributed by atoms with Crippen LogP contribution in [0.15, 0.2) is 12.4 Å². The maximum atomic E-state index is 10.6. The number of nitro groups is 1. The molecule has 2 N–H and O–H groups in total. The molecule has 0 saturated carbocycles. The molecule has 1 fully saturated rings. The third-order valence-corrected chi connectivity index (χ3v) is 3.45. The summed E-state index contributed by atoms with van der Waals surface area (Å²) < 4.78 is 0. The fourth-order valence-corrected chi connectivity index (χ4v) is 2.41. The summed E-state index contributed by atoms with van der Waals surface area (Å²) in [6, 6.07) is 0.209. The first-order valence-corrected chi connectivity index (χ1v) is 6.06. The summed E-state index contributed by atoms with van der Waals surface area (Å²) in [4.78, 5) is 20.3. The van der Waals surface area contributed by atoms with Gasteiger partial charge in [0, 0.05) is 19.1 Å². The molecule has 7 nitrogen and oxygen atoms in total. The molecule has 0 spiro atoms. The molecule has 1 aliphatic rings. The molecule has 1 aromatic heterocycles. The molecule has 2 atom stereocenters. The van der Waals surface area contributed by atoms with E-state index in [1.807, 2.05) is 0 Å². The van der Waals surface area contributed by atoms with Gasteiger partial charge in [0.05, 0.1) is 4.92 Å². The van der Waals surface area contributed by atoms with Crippen molar-refractivity contribution >= 4 is 11.6 Å². The highest BCUT2D eigenvalue weighted by molar-refractivity contribution is 5.36. The van der Waals surface area contributed by atoms with Gasteiger partial charge in [-0.3, -0.25) is 10.1 Å². The first kappa shape index (κ1) is 12.7. The molecule has 18 heavy (non-hydrogen) atoms. The number of hydrogen-bond donors (Lipinski definition) is 1. The Labute approximate surface area is 105 Å². The van der Waals surface area contributed by atoms with Crippen molar-refractivity contribution in [3.8, 4) is 0 Å². The van der Waals surface area contributed by atoms with E-state index in [0.29, 0.717) is 18.4 Å². The van der Waals surface area contributed by atoms with Gasteiger partial charge in [0.2, 0.25) is 5.95 Å². The molecule has 1 saturated heterocycles. The minimum absolute atomic E-state index is 0.0897. The van der Waals surface area contributed by atoms with Gasteiger partial charge in [0.15, 0.2) is 0 Å². The van der Waals surface area contributed by atoms with E-state index < -0.39 is 4.92 Å². The maximum Gasteiger partial charge on any atom is 0.305 e. The number of nitrogens with zero attached hydrogens (tertiary/aromatic N) is 4. The lowest BCUT2D eigenvalue weighted by atomic mass is 9.91. The minimum Gasteiger partial charge on any atom is -0.336 e. The van der Waals surface area contributed by atoms with Gasteiger partial charge in [-0.1, -0.05) is 6.92 Å². The second kappa shape index (κ2) is 5.26. The molecular weight excluding hydrogens is 234 g/mol. The molecule has 0 bridgehead atoms. The van der Waals surface area contributed by atoms with Crippen molar-refractivity contribution in [2.75, 3.05) is 18.0 Å². The molecule has 0 radical (unpaired) electrons. The van der Waals surface area contributed by atoms with Crippen LogP contribution in [0.3, 0.4) is 0 Å². The minimum atomic E-state index is -0.497. The topological polar surface area (TPSA) is 98.2 Å². The normalized spacial score (nSPS) is 24.0. The van der Waals surface area contributed by atoms with Gasteiger partial charge in [-0.2, -0.15) is 0 Å². The first-order chi connectivity index (χ1) is 8.63. The quantitative estimate of drug-likeness (QED) is 0.634. The Morgan fingerprint density at radius 3 is 2.78 bits per heavy atom. The Bertz CT molecular complexity index is 422. The molecule has 1 aliphatic heterocycles. The second-order valence-electron chi connectivity index (χ2n) is 4.61. The highest BCUT2D eigenvalue weighted by Crippen LogP contribution is 2.26. The van der Waals surface area contributed by atoms with Crippen molar-refractivity contribution in [2.45, 2.75) is 25.8 Å². The van der Waals surface area contributed by atoms with E-state index >= 15 is 0 Å². The number of hydrogen-bond acceptors (Lipinski definition) is 6. The molecule has 2 rings (SSSR count). The Balaban J connectivity index is 2.21. The Hall–Kier alpha value is -1.76. The number of rotatable bonds is 3. The van der Waals surface area contributed by atoms with Crippen LogP contribution < -0.4 is 10.6 Å². The third-order valence-electron chi connectivity index (χ3n) is 3.45. The summed E-state index contributed by atoms with van der Waals surface area (Å²) >= 11 is 0. The molecule has 2 unspecified atom stereocenters. The van der Waals surface area contributed by atoms with Crippen LogP contribution in [0.5, 0.6) is 0 Å². The lowest BCUT2D eigenvalue weighted by Crippen LogP contribution is -2.49. The van der Waals surface area contributed by atoms with Crippen LogP contribution in [-0.2, 0) is 0 Å². The molecular formula is C11H17N5O2. The van der Waals surface area contributed by atoms with Crippen molar-refractivity contribution in [2.24, 2.45) is 11.7 Å². The summed E-state index contributed by atoms with van der Waals surface area (Å²) in [5.74, 6) is 1.02. The van der Waals surface area contributed by atoms with Gasteiger partial charge in [-0.25, -0.2) is 9.97 Å². The van der Waals surface area contributed by atoms with Gasteiger partial charge >= 0.3 is 5.69 Å². The average Bonchev–Trinajstić information content (AvgIpc) is 2.38. The van der Waals surface area contributed by atoms with Crippen LogP contribution >= 0.6 is 0 Å². The van der Waals surface area contributed by atoms with Crippen molar-refractivity contribution in [3.63, 3.8) is 0 Å². The van der Waals surface area contributed by atoms with E-state index in [1.165, 1.54) is 12.4 Å². The van der Waals surface area contributed by atoms with Crippen molar-refractivity contribution in [1.29, 1.82) is 0 Å².